The fourth-order valence-corrected chi connectivity index (χ4v) is 2.70. The van der Waals surface area contributed by atoms with Gasteiger partial charge >= 0.3 is 0 Å². The smallest absolute Gasteiger partial charge is 0.149 e. The molecule has 1 heterocycles. The molecule has 2 rings (SSSR count). The molecule has 3 N–H and O–H groups in total. The van der Waals surface area contributed by atoms with E-state index in [0.29, 0.717) is 5.52 Å². The van der Waals surface area contributed by atoms with Crippen LogP contribution in [-0.4, -0.2) is 10.5 Å². The third-order valence-electron chi connectivity index (χ3n) is 3.99. The Hall–Kier alpha value is -1.52. The minimum atomic E-state index is -0.309. The Kier molecular flexibility index (Phi) is 5.48. The number of pyridine rings is 1. The molecule has 1 aromatic carbocycles. The predicted molar refractivity (Wildman–Crippen MR) is 90.0 cm³/mol. The molecular formula is C18H26FN3. The summed E-state index contributed by atoms with van der Waals surface area (Å²) >= 11 is 0. The van der Waals surface area contributed by atoms with Crippen molar-refractivity contribution in [2.24, 2.45) is 5.73 Å². The maximum absolute atomic E-state index is 13.7. The highest BCUT2D eigenvalue weighted by Crippen LogP contribution is 2.21. The Balaban J connectivity index is 2.10. The lowest BCUT2D eigenvalue weighted by Gasteiger charge is -2.30. The van der Waals surface area contributed by atoms with Gasteiger partial charge in [0.15, 0.2) is 0 Å². The van der Waals surface area contributed by atoms with E-state index in [-0.39, 0.29) is 17.5 Å². The van der Waals surface area contributed by atoms with Gasteiger partial charge in [0.2, 0.25) is 0 Å². The van der Waals surface area contributed by atoms with E-state index in [4.69, 9.17) is 5.73 Å². The second-order valence-electron chi connectivity index (χ2n) is 6.54. The van der Waals surface area contributed by atoms with E-state index in [2.05, 4.69) is 31.1 Å². The molecule has 0 saturated heterocycles. The molecule has 22 heavy (non-hydrogen) atoms. The Bertz CT molecular complexity index is 625. The molecule has 0 radical (unpaired) electrons. The lowest BCUT2D eigenvalue weighted by atomic mass is 9.95. The third-order valence-corrected chi connectivity index (χ3v) is 3.99. The number of aromatic nitrogens is 1. The first-order valence-corrected chi connectivity index (χ1v) is 8.00. The maximum Gasteiger partial charge on any atom is 0.149 e. The van der Waals surface area contributed by atoms with Crippen LogP contribution < -0.4 is 11.1 Å². The summed E-state index contributed by atoms with van der Waals surface area (Å²) in [6, 6.07) is 6.88. The van der Waals surface area contributed by atoms with Gasteiger partial charge in [-0.1, -0.05) is 38.3 Å². The Morgan fingerprint density at radius 3 is 2.82 bits per heavy atom. The summed E-state index contributed by atoms with van der Waals surface area (Å²) in [5.74, 6) is -0.300. The maximum atomic E-state index is 13.7. The van der Waals surface area contributed by atoms with Crippen molar-refractivity contribution in [3.8, 4) is 0 Å². The minimum Gasteiger partial charge on any atom is -0.312 e. The minimum absolute atomic E-state index is 0.0362. The molecule has 0 amide bonds. The van der Waals surface area contributed by atoms with E-state index in [9.17, 15) is 4.39 Å². The first-order valence-electron chi connectivity index (χ1n) is 8.00. The highest BCUT2D eigenvalue weighted by Gasteiger charge is 2.21. The van der Waals surface area contributed by atoms with E-state index in [0.717, 1.165) is 17.4 Å². The Labute approximate surface area is 132 Å². The quantitative estimate of drug-likeness (QED) is 0.593. The van der Waals surface area contributed by atoms with Crippen molar-refractivity contribution in [3.63, 3.8) is 0 Å². The summed E-state index contributed by atoms with van der Waals surface area (Å²) in [7, 11) is 0. The van der Waals surface area contributed by atoms with Gasteiger partial charge in [0.25, 0.3) is 0 Å². The average Bonchev–Trinajstić information content (AvgIpc) is 2.47. The number of rotatable bonds is 7. The van der Waals surface area contributed by atoms with Crippen LogP contribution >= 0.6 is 0 Å². The van der Waals surface area contributed by atoms with Crippen LogP contribution in [0.25, 0.3) is 10.9 Å². The van der Waals surface area contributed by atoms with Crippen LogP contribution in [-0.2, 0) is 0 Å². The van der Waals surface area contributed by atoms with Crippen molar-refractivity contribution in [1.82, 2.24) is 10.3 Å². The number of hydrogen-bond donors (Lipinski definition) is 2. The Morgan fingerprint density at radius 2 is 2.09 bits per heavy atom. The van der Waals surface area contributed by atoms with Gasteiger partial charge < -0.3 is 5.73 Å². The number of nitrogens with one attached hydrogen (secondary N) is 1. The number of nitrogens with two attached hydrogens (primary N) is 1. The van der Waals surface area contributed by atoms with E-state index in [1.807, 2.05) is 12.1 Å². The average molecular weight is 303 g/mol. The SMILES string of the molecule is CCCCCC(C)(C)N[C@H](N)c1cnc2c(F)cccc2c1. The number of halogens is 1. The van der Waals surface area contributed by atoms with Gasteiger partial charge in [-0.15, -0.1) is 0 Å². The fraction of sp³-hybridized carbons (Fsp3) is 0.500. The summed E-state index contributed by atoms with van der Waals surface area (Å²) in [5.41, 5.74) is 7.50. The van der Waals surface area contributed by atoms with Crippen LogP contribution in [0.3, 0.4) is 0 Å². The van der Waals surface area contributed by atoms with Crippen molar-refractivity contribution in [3.05, 3.63) is 41.8 Å². The number of fused-ring (bicyclic) bond motifs is 1. The lowest BCUT2D eigenvalue weighted by molar-refractivity contribution is 0.309. The highest BCUT2D eigenvalue weighted by atomic mass is 19.1. The molecule has 3 nitrogen and oxygen atoms in total. The van der Waals surface area contributed by atoms with Gasteiger partial charge in [-0.2, -0.15) is 0 Å². The zero-order valence-electron chi connectivity index (χ0n) is 13.7. The molecule has 4 heteroatoms. The highest BCUT2D eigenvalue weighted by molar-refractivity contribution is 5.79. The summed E-state index contributed by atoms with van der Waals surface area (Å²) in [6.45, 7) is 6.53. The molecule has 0 aliphatic carbocycles. The molecule has 0 aliphatic rings. The van der Waals surface area contributed by atoms with E-state index < -0.39 is 0 Å². The second-order valence-corrected chi connectivity index (χ2v) is 6.54. The van der Waals surface area contributed by atoms with Crippen LogP contribution in [0.5, 0.6) is 0 Å². The van der Waals surface area contributed by atoms with Crippen molar-refractivity contribution >= 4 is 10.9 Å². The van der Waals surface area contributed by atoms with Gasteiger partial charge in [0.1, 0.15) is 11.3 Å². The second kappa shape index (κ2) is 7.16. The van der Waals surface area contributed by atoms with Gasteiger partial charge in [-0.05, 0) is 32.4 Å². The molecule has 0 aliphatic heterocycles. The summed E-state index contributed by atoms with van der Waals surface area (Å²) in [5, 5.41) is 4.23. The molecule has 0 bridgehead atoms. The molecule has 0 unspecified atom stereocenters. The molecular weight excluding hydrogens is 277 g/mol. The molecule has 2 aromatic rings. The van der Waals surface area contributed by atoms with Gasteiger partial charge in [-0.25, -0.2) is 4.39 Å². The summed E-state index contributed by atoms with van der Waals surface area (Å²) < 4.78 is 13.7. The lowest BCUT2D eigenvalue weighted by Crippen LogP contribution is -2.45. The van der Waals surface area contributed by atoms with Crippen LogP contribution in [0, 0.1) is 5.82 Å². The van der Waals surface area contributed by atoms with Gasteiger partial charge in [-0.3, -0.25) is 10.3 Å². The van der Waals surface area contributed by atoms with Gasteiger partial charge in [0.05, 0.1) is 6.17 Å². The zero-order chi connectivity index (χ0) is 16.2. The molecule has 1 atom stereocenters. The number of para-hydroxylation sites is 1. The van der Waals surface area contributed by atoms with Crippen LogP contribution in [0.1, 0.15) is 58.2 Å². The van der Waals surface area contributed by atoms with Crippen LogP contribution in [0.2, 0.25) is 0 Å². The summed E-state index contributed by atoms with van der Waals surface area (Å²) in [6.07, 6.45) is 6.05. The first-order chi connectivity index (χ1) is 10.4. The normalized spacial score (nSPS) is 13.5. The van der Waals surface area contributed by atoms with E-state index in [1.54, 1.807) is 12.3 Å². The number of unbranched alkanes of at least 4 members (excludes halogenated alkanes) is 2. The standard InChI is InChI=1S/C18H26FN3/c1-4-5-6-10-18(2,3)22-17(20)14-11-13-8-7-9-15(19)16(13)21-12-14/h7-9,11-12,17,22H,4-6,10,20H2,1-3H3/t17-/m0/s1. The molecule has 120 valence electrons. The summed E-state index contributed by atoms with van der Waals surface area (Å²) in [4.78, 5) is 4.21. The van der Waals surface area contributed by atoms with Crippen LogP contribution in [0.4, 0.5) is 4.39 Å². The van der Waals surface area contributed by atoms with E-state index >= 15 is 0 Å². The zero-order valence-corrected chi connectivity index (χ0v) is 13.7. The van der Waals surface area contributed by atoms with Gasteiger partial charge in [0, 0.05) is 22.7 Å². The topological polar surface area (TPSA) is 50.9 Å². The Morgan fingerprint density at radius 1 is 1.32 bits per heavy atom. The number of nitrogens with zero attached hydrogens (tertiary/aromatic N) is 1. The monoisotopic (exact) mass is 303 g/mol. The van der Waals surface area contributed by atoms with Crippen molar-refractivity contribution in [2.75, 3.05) is 0 Å². The molecule has 0 fully saturated rings. The number of benzene rings is 1. The third kappa shape index (κ3) is 4.24. The van der Waals surface area contributed by atoms with Crippen molar-refractivity contribution < 1.29 is 4.39 Å². The van der Waals surface area contributed by atoms with Crippen molar-refractivity contribution in [1.29, 1.82) is 0 Å². The fourth-order valence-electron chi connectivity index (χ4n) is 2.70. The molecule has 0 saturated carbocycles. The van der Waals surface area contributed by atoms with Crippen LogP contribution in [0.15, 0.2) is 30.5 Å². The number of hydrogen-bond acceptors (Lipinski definition) is 3. The molecule has 0 spiro atoms. The van der Waals surface area contributed by atoms with Crippen molar-refractivity contribution in [2.45, 2.75) is 58.2 Å². The first kappa shape index (κ1) is 16.8. The predicted octanol–water partition coefficient (Wildman–Crippen LogP) is 4.28. The van der Waals surface area contributed by atoms with E-state index in [1.165, 1.54) is 25.3 Å². The molecule has 1 aromatic heterocycles. The largest absolute Gasteiger partial charge is 0.312 e.